The Hall–Kier alpha value is -3.89. The lowest BCUT2D eigenvalue weighted by Gasteiger charge is -2.27. The molecule has 0 saturated carbocycles. The molecule has 4 amide bonds. The predicted octanol–water partition coefficient (Wildman–Crippen LogP) is 2.75. The molecule has 0 aliphatic carbocycles. The zero-order valence-electron chi connectivity index (χ0n) is 17.7. The topological polar surface area (TPSA) is 98.8 Å². The van der Waals surface area contributed by atoms with Gasteiger partial charge in [0, 0.05) is 24.9 Å². The SMILES string of the molecule is CCCN(CC(=O)Nc1ccc(F)c(F)c1F)C(=O)c1ccc(N2NC(=O)CCC2=O)cc1. The maximum atomic E-state index is 13.8. The summed E-state index contributed by atoms with van der Waals surface area (Å²) < 4.78 is 40.3. The minimum atomic E-state index is -1.71. The number of amides is 4. The van der Waals surface area contributed by atoms with Gasteiger partial charge in [-0.05, 0) is 42.8 Å². The molecule has 2 aromatic rings. The number of carbonyl (C=O) groups is 4. The summed E-state index contributed by atoms with van der Waals surface area (Å²) in [4.78, 5) is 50.0. The second kappa shape index (κ2) is 10.2. The molecular weight excluding hydrogens is 441 g/mol. The monoisotopic (exact) mass is 462 g/mol. The lowest BCUT2D eigenvalue weighted by Crippen LogP contribution is -2.50. The second-order valence-corrected chi connectivity index (χ2v) is 7.31. The maximum Gasteiger partial charge on any atom is 0.254 e. The number of rotatable bonds is 7. The van der Waals surface area contributed by atoms with Crippen molar-refractivity contribution in [2.24, 2.45) is 0 Å². The van der Waals surface area contributed by atoms with Gasteiger partial charge in [-0.1, -0.05) is 6.92 Å². The largest absolute Gasteiger partial charge is 0.329 e. The molecule has 0 aromatic heterocycles. The molecule has 1 aliphatic heterocycles. The van der Waals surface area contributed by atoms with E-state index in [0.29, 0.717) is 18.2 Å². The number of anilines is 2. The van der Waals surface area contributed by atoms with Crippen molar-refractivity contribution in [3.63, 3.8) is 0 Å². The summed E-state index contributed by atoms with van der Waals surface area (Å²) in [6.45, 7) is 1.55. The third-order valence-corrected chi connectivity index (χ3v) is 4.85. The third-order valence-electron chi connectivity index (χ3n) is 4.85. The molecular formula is C22H21F3N4O4. The van der Waals surface area contributed by atoms with Crippen molar-refractivity contribution in [1.29, 1.82) is 0 Å². The standard InChI is InChI=1S/C22H21F3N4O4/c1-2-11-28(12-18(31)26-16-8-7-15(23)20(24)21(16)25)22(33)13-3-5-14(6-4-13)29-19(32)10-9-17(30)27-29/h3-8H,2,9-12H2,1H3,(H,26,31)(H,27,30). The van der Waals surface area contributed by atoms with E-state index >= 15 is 0 Å². The molecule has 33 heavy (non-hydrogen) atoms. The van der Waals surface area contributed by atoms with Gasteiger partial charge < -0.3 is 10.2 Å². The van der Waals surface area contributed by atoms with E-state index in [1.165, 1.54) is 29.2 Å². The summed E-state index contributed by atoms with van der Waals surface area (Å²) in [5.41, 5.74) is 2.50. The summed E-state index contributed by atoms with van der Waals surface area (Å²) in [6.07, 6.45) is 0.698. The molecule has 174 valence electrons. The van der Waals surface area contributed by atoms with E-state index in [4.69, 9.17) is 0 Å². The van der Waals surface area contributed by atoms with E-state index < -0.39 is 41.5 Å². The Morgan fingerprint density at radius 1 is 1.03 bits per heavy atom. The van der Waals surface area contributed by atoms with Crippen molar-refractivity contribution in [2.75, 3.05) is 23.4 Å². The molecule has 0 radical (unpaired) electrons. The molecule has 2 N–H and O–H groups in total. The van der Waals surface area contributed by atoms with Crippen LogP contribution in [0.4, 0.5) is 24.5 Å². The van der Waals surface area contributed by atoms with Gasteiger partial charge in [-0.15, -0.1) is 0 Å². The van der Waals surface area contributed by atoms with Gasteiger partial charge in [0.2, 0.25) is 17.7 Å². The normalized spacial score (nSPS) is 13.5. The first-order valence-corrected chi connectivity index (χ1v) is 10.2. The average Bonchev–Trinajstić information content (AvgIpc) is 2.80. The molecule has 8 nitrogen and oxygen atoms in total. The first kappa shape index (κ1) is 23.8. The molecule has 0 unspecified atom stereocenters. The van der Waals surface area contributed by atoms with Crippen LogP contribution in [0.2, 0.25) is 0 Å². The fourth-order valence-corrected chi connectivity index (χ4v) is 3.23. The van der Waals surface area contributed by atoms with E-state index in [1.807, 2.05) is 0 Å². The second-order valence-electron chi connectivity index (χ2n) is 7.31. The van der Waals surface area contributed by atoms with Gasteiger partial charge in [0.1, 0.15) is 6.54 Å². The van der Waals surface area contributed by atoms with E-state index in [0.717, 1.165) is 11.1 Å². The van der Waals surface area contributed by atoms with Gasteiger partial charge in [-0.25, -0.2) is 18.2 Å². The Kier molecular flexibility index (Phi) is 7.31. The molecule has 1 heterocycles. The van der Waals surface area contributed by atoms with E-state index in [9.17, 15) is 32.3 Å². The lowest BCUT2D eigenvalue weighted by atomic mass is 10.1. The Morgan fingerprint density at radius 3 is 2.39 bits per heavy atom. The molecule has 3 rings (SSSR count). The Labute approximate surface area is 187 Å². The number of hydrogen-bond acceptors (Lipinski definition) is 4. The quantitative estimate of drug-likeness (QED) is 0.619. The smallest absolute Gasteiger partial charge is 0.254 e. The molecule has 11 heteroatoms. The first-order chi connectivity index (χ1) is 15.7. The van der Waals surface area contributed by atoms with E-state index in [1.54, 1.807) is 6.92 Å². The Balaban J connectivity index is 1.70. The summed E-state index contributed by atoms with van der Waals surface area (Å²) >= 11 is 0. The molecule has 2 aromatic carbocycles. The number of benzene rings is 2. The fraction of sp³-hybridized carbons (Fsp3) is 0.273. The summed E-state index contributed by atoms with van der Waals surface area (Å²) in [7, 11) is 0. The molecule has 0 atom stereocenters. The fourth-order valence-electron chi connectivity index (χ4n) is 3.23. The number of nitrogens with zero attached hydrogens (tertiary/aromatic N) is 2. The highest BCUT2D eigenvalue weighted by molar-refractivity contribution is 6.02. The molecule has 0 spiro atoms. The molecule has 1 fully saturated rings. The van der Waals surface area contributed by atoms with Crippen molar-refractivity contribution in [3.8, 4) is 0 Å². The number of hydrogen-bond donors (Lipinski definition) is 2. The predicted molar refractivity (Wildman–Crippen MR) is 112 cm³/mol. The van der Waals surface area contributed by atoms with Crippen LogP contribution in [0.15, 0.2) is 36.4 Å². The van der Waals surface area contributed by atoms with Gasteiger partial charge in [0.15, 0.2) is 17.5 Å². The van der Waals surface area contributed by atoms with Crippen LogP contribution in [0.1, 0.15) is 36.5 Å². The summed E-state index contributed by atoms with van der Waals surface area (Å²) in [5.74, 6) is -6.51. The van der Waals surface area contributed by atoms with Gasteiger partial charge in [0.25, 0.3) is 5.91 Å². The van der Waals surface area contributed by atoms with Crippen LogP contribution in [0.3, 0.4) is 0 Å². The number of nitrogens with one attached hydrogen (secondary N) is 2. The van der Waals surface area contributed by atoms with Crippen LogP contribution in [-0.2, 0) is 14.4 Å². The van der Waals surface area contributed by atoms with E-state index in [-0.39, 0.29) is 36.8 Å². The van der Waals surface area contributed by atoms with Crippen molar-refractivity contribution in [1.82, 2.24) is 10.3 Å². The number of halogens is 3. The van der Waals surface area contributed by atoms with Gasteiger partial charge >= 0.3 is 0 Å². The lowest BCUT2D eigenvalue weighted by molar-refractivity contribution is -0.130. The molecule has 1 aliphatic rings. The highest BCUT2D eigenvalue weighted by Crippen LogP contribution is 2.21. The zero-order chi connectivity index (χ0) is 24.1. The minimum Gasteiger partial charge on any atom is -0.329 e. The van der Waals surface area contributed by atoms with Crippen molar-refractivity contribution < 1.29 is 32.3 Å². The maximum absolute atomic E-state index is 13.8. The zero-order valence-corrected chi connectivity index (χ0v) is 17.7. The van der Waals surface area contributed by atoms with Crippen LogP contribution in [0.5, 0.6) is 0 Å². The summed E-state index contributed by atoms with van der Waals surface area (Å²) in [5, 5.41) is 3.24. The van der Waals surface area contributed by atoms with Crippen molar-refractivity contribution >= 4 is 35.0 Å². The first-order valence-electron chi connectivity index (χ1n) is 10.2. The van der Waals surface area contributed by atoms with Crippen LogP contribution in [0, 0.1) is 17.5 Å². The van der Waals surface area contributed by atoms with E-state index in [2.05, 4.69) is 10.7 Å². The average molecular weight is 462 g/mol. The molecule has 0 bridgehead atoms. The Bertz CT molecular complexity index is 1090. The minimum absolute atomic E-state index is 0.0739. The van der Waals surface area contributed by atoms with Crippen molar-refractivity contribution in [3.05, 3.63) is 59.4 Å². The Morgan fingerprint density at radius 2 is 1.73 bits per heavy atom. The van der Waals surface area contributed by atoms with Gasteiger partial charge in [-0.3, -0.25) is 24.6 Å². The highest BCUT2D eigenvalue weighted by atomic mass is 19.2. The van der Waals surface area contributed by atoms with Crippen LogP contribution >= 0.6 is 0 Å². The van der Waals surface area contributed by atoms with Gasteiger partial charge in [0.05, 0.1) is 11.4 Å². The summed E-state index contributed by atoms with van der Waals surface area (Å²) in [6, 6.07) is 7.43. The number of carbonyl (C=O) groups excluding carboxylic acids is 4. The highest BCUT2D eigenvalue weighted by Gasteiger charge is 2.25. The number of hydrazine groups is 1. The van der Waals surface area contributed by atoms with Crippen LogP contribution < -0.4 is 15.8 Å². The third kappa shape index (κ3) is 5.48. The van der Waals surface area contributed by atoms with Gasteiger partial charge in [-0.2, -0.15) is 0 Å². The van der Waals surface area contributed by atoms with Crippen LogP contribution in [0.25, 0.3) is 0 Å². The van der Waals surface area contributed by atoms with Crippen LogP contribution in [-0.4, -0.2) is 41.6 Å². The molecule has 1 saturated heterocycles. The van der Waals surface area contributed by atoms with Crippen molar-refractivity contribution in [2.45, 2.75) is 26.2 Å².